The zero-order valence-corrected chi connectivity index (χ0v) is 14.4. The molecule has 0 radical (unpaired) electrons. The first kappa shape index (κ1) is 20.5. The van der Waals surface area contributed by atoms with Crippen molar-refractivity contribution < 1.29 is 19.6 Å². The highest BCUT2D eigenvalue weighted by Crippen LogP contribution is 2.17. The molecule has 9 heteroatoms. The summed E-state index contributed by atoms with van der Waals surface area (Å²) < 4.78 is 0. The molecule has 0 fully saturated rings. The van der Waals surface area contributed by atoms with Crippen LogP contribution in [0.1, 0.15) is 27.2 Å². The highest BCUT2D eigenvalue weighted by molar-refractivity contribution is 5.98. The number of aliphatic hydroxyl groups excluding tert-OH is 1. The van der Waals surface area contributed by atoms with Gasteiger partial charge >= 0.3 is 0 Å². The van der Waals surface area contributed by atoms with Crippen LogP contribution in [0.5, 0.6) is 0 Å². The molecule has 0 saturated carbocycles. The van der Waals surface area contributed by atoms with Crippen LogP contribution in [-0.4, -0.2) is 40.0 Å². The minimum Gasteiger partial charge on any atom is -0.391 e. The van der Waals surface area contributed by atoms with E-state index in [-0.39, 0.29) is 11.6 Å². The summed E-state index contributed by atoms with van der Waals surface area (Å²) >= 11 is 0. The van der Waals surface area contributed by atoms with Crippen molar-refractivity contribution in [2.45, 2.75) is 45.4 Å². The summed E-state index contributed by atoms with van der Waals surface area (Å²) in [5.74, 6) is -1.27. The van der Waals surface area contributed by atoms with E-state index >= 15 is 0 Å². The topological polar surface area (TPSA) is 148 Å². The van der Waals surface area contributed by atoms with Crippen molar-refractivity contribution in [2.75, 3.05) is 5.32 Å². The standard InChI is InChI=1S/C16H24N4O5/c1-4-9(2)14(19-15(22)13(17)10(3)21)16(23)18-11-5-7-12(8-6-11)20(24)25/h5-10,13-14,21H,4,17H2,1-3H3,(H,18,23)(H,19,22)/t9-,10+,13-,14-/m0/s1. The van der Waals surface area contributed by atoms with Gasteiger partial charge in [-0.25, -0.2) is 0 Å². The number of hydrogen-bond acceptors (Lipinski definition) is 6. The van der Waals surface area contributed by atoms with Crippen molar-refractivity contribution in [1.29, 1.82) is 0 Å². The number of hydrogen-bond donors (Lipinski definition) is 4. The summed E-state index contributed by atoms with van der Waals surface area (Å²) in [5.41, 5.74) is 5.87. The van der Waals surface area contributed by atoms with Crippen LogP contribution >= 0.6 is 0 Å². The van der Waals surface area contributed by atoms with Crippen LogP contribution in [0.4, 0.5) is 11.4 Å². The average molecular weight is 352 g/mol. The maximum Gasteiger partial charge on any atom is 0.269 e. The monoisotopic (exact) mass is 352 g/mol. The molecule has 1 aromatic rings. The molecule has 1 aromatic carbocycles. The summed E-state index contributed by atoms with van der Waals surface area (Å²) in [6, 6.07) is 3.38. The number of nitro benzene ring substituents is 1. The molecule has 1 rings (SSSR count). The number of carbonyl (C=O) groups is 2. The van der Waals surface area contributed by atoms with Crippen LogP contribution in [0, 0.1) is 16.0 Å². The van der Waals surface area contributed by atoms with Crippen molar-refractivity contribution >= 4 is 23.2 Å². The first-order valence-corrected chi connectivity index (χ1v) is 7.96. The third kappa shape index (κ3) is 5.80. The van der Waals surface area contributed by atoms with Crippen molar-refractivity contribution in [3.05, 3.63) is 34.4 Å². The van der Waals surface area contributed by atoms with E-state index in [1.54, 1.807) is 6.92 Å². The van der Waals surface area contributed by atoms with E-state index < -0.39 is 34.9 Å². The summed E-state index contributed by atoms with van der Waals surface area (Å²) in [7, 11) is 0. The molecule has 0 aromatic heterocycles. The van der Waals surface area contributed by atoms with Gasteiger partial charge in [-0.1, -0.05) is 20.3 Å². The van der Waals surface area contributed by atoms with E-state index in [9.17, 15) is 24.8 Å². The Morgan fingerprint density at radius 2 is 1.80 bits per heavy atom. The Labute approximate surface area is 145 Å². The molecule has 0 unspecified atom stereocenters. The van der Waals surface area contributed by atoms with Crippen molar-refractivity contribution in [3.8, 4) is 0 Å². The zero-order valence-electron chi connectivity index (χ0n) is 14.4. The molecule has 0 aliphatic heterocycles. The SMILES string of the molecule is CC[C@H](C)[C@H](NC(=O)[C@@H](N)[C@@H](C)O)C(=O)Nc1ccc([N+](=O)[O-])cc1. The van der Waals surface area contributed by atoms with Crippen molar-refractivity contribution in [2.24, 2.45) is 11.7 Å². The molecule has 0 bridgehead atoms. The maximum absolute atomic E-state index is 12.5. The third-order valence-electron chi connectivity index (χ3n) is 3.96. The van der Waals surface area contributed by atoms with E-state index in [1.165, 1.54) is 31.2 Å². The Bertz CT molecular complexity index is 617. The fraction of sp³-hybridized carbons (Fsp3) is 0.500. The number of aliphatic hydroxyl groups is 1. The van der Waals surface area contributed by atoms with Gasteiger partial charge in [-0.15, -0.1) is 0 Å². The first-order valence-electron chi connectivity index (χ1n) is 7.96. The van der Waals surface area contributed by atoms with Crippen molar-refractivity contribution in [1.82, 2.24) is 5.32 Å². The first-order chi connectivity index (χ1) is 11.7. The Kier molecular flexibility index (Phi) is 7.46. The highest BCUT2D eigenvalue weighted by Gasteiger charge is 2.29. The van der Waals surface area contributed by atoms with Gasteiger partial charge in [-0.05, 0) is 25.0 Å². The molecular formula is C16H24N4O5. The number of benzene rings is 1. The lowest BCUT2D eigenvalue weighted by atomic mass is 9.97. The number of non-ortho nitro benzene ring substituents is 1. The summed E-state index contributed by atoms with van der Waals surface area (Å²) in [5, 5.41) is 25.2. The maximum atomic E-state index is 12.5. The van der Waals surface area contributed by atoms with Gasteiger partial charge in [0, 0.05) is 17.8 Å². The molecular weight excluding hydrogens is 328 g/mol. The van der Waals surface area contributed by atoms with Gasteiger partial charge in [0.05, 0.1) is 11.0 Å². The summed E-state index contributed by atoms with van der Waals surface area (Å²) in [4.78, 5) is 34.7. The van der Waals surface area contributed by atoms with Crippen LogP contribution in [0.15, 0.2) is 24.3 Å². The third-order valence-corrected chi connectivity index (χ3v) is 3.96. The number of carbonyl (C=O) groups excluding carboxylic acids is 2. The van der Waals surface area contributed by atoms with E-state index in [4.69, 9.17) is 5.73 Å². The van der Waals surface area contributed by atoms with E-state index in [0.29, 0.717) is 12.1 Å². The largest absolute Gasteiger partial charge is 0.391 e. The molecule has 25 heavy (non-hydrogen) atoms. The number of nitrogens with zero attached hydrogens (tertiary/aromatic N) is 1. The average Bonchev–Trinajstić information content (AvgIpc) is 2.58. The van der Waals surface area contributed by atoms with Gasteiger partial charge < -0.3 is 21.5 Å². The number of anilines is 1. The summed E-state index contributed by atoms with van der Waals surface area (Å²) in [6.45, 7) is 5.06. The quantitative estimate of drug-likeness (QED) is 0.401. The van der Waals surface area contributed by atoms with Gasteiger partial charge in [-0.2, -0.15) is 0 Å². The lowest BCUT2D eigenvalue weighted by Gasteiger charge is -2.25. The van der Waals surface area contributed by atoms with Gasteiger partial charge in [0.15, 0.2) is 0 Å². The Hall–Kier alpha value is -2.52. The van der Waals surface area contributed by atoms with Gasteiger partial charge in [0.1, 0.15) is 12.1 Å². The van der Waals surface area contributed by atoms with Crippen LogP contribution in [0.2, 0.25) is 0 Å². The number of nitrogens with two attached hydrogens (primary N) is 1. The molecule has 0 heterocycles. The number of nitrogens with one attached hydrogen (secondary N) is 2. The second-order valence-electron chi connectivity index (χ2n) is 5.93. The van der Waals surface area contributed by atoms with E-state index in [0.717, 1.165) is 0 Å². The molecule has 0 spiro atoms. The highest BCUT2D eigenvalue weighted by atomic mass is 16.6. The number of amides is 2. The Morgan fingerprint density at radius 1 is 1.24 bits per heavy atom. The fourth-order valence-corrected chi connectivity index (χ4v) is 2.06. The second kappa shape index (κ2) is 9.09. The Morgan fingerprint density at radius 3 is 2.24 bits per heavy atom. The smallest absolute Gasteiger partial charge is 0.269 e. The van der Waals surface area contributed by atoms with Gasteiger partial charge in [0.25, 0.3) is 5.69 Å². The molecule has 0 saturated heterocycles. The van der Waals surface area contributed by atoms with E-state index in [1.807, 2.05) is 6.92 Å². The Balaban J connectivity index is 2.86. The predicted molar refractivity (Wildman–Crippen MR) is 92.8 cm³/mol. The normalized spacial score (nSPS) is 15.6. The molecule has 0 aliphatic rings. The van der Waals surface area contributed by atoms with Crippen LogP contribution in [0.25, 0.3) is 0 Å². The molecule has 4 atom stereocenters. The number of rotatable bonds is 8. The van der Waals surface area contributed by atoms with E-state index in [2.05, 4.69) is 10.6 Å². The predicted octanol–water partition coefficient (Wildman–Crippen LogP) is 0.772. The van der Waals surface area contributed by atoms with Gasteiger partial charge in [0.2, 0.25) is 11.8 Å². The fourth-order valence-electron chi connectivity index (χ4n) is 2.06. The van der Waals surface area contributed by atoms with Crippen LogP contribution < -0.4 is 16.4 Å². The van der Waals surface area contributed by atoms with Gasteiger partial charge in [-0.3, -0.25) is 19.7 Å². The zero-order chi connectivity index (χ0) is 19.1. The minimum absolute atomic E-state index is 0.0901. The molecule has 0 aliphatic carbocycles. The lowest BCUT2D eigenvalue weighted by Crippen LogP contribution is -2.55. The molecule has 2 amide bonds. The summed E-state index contributed by atoms with van der Waals surface area (Å²) in [6.07, 6.45) is -0.418. The second-order valence-corrected chi connectivity index (χ2v) is 5.93. The van der Waals surface area contributed by atoms with Crippen LogP contribution in [-0.2, 0) is 9.59 Å². The van der Waals surface area contributed by atoms with Crippen LogP contribution in [0.3, 0.4) is 0 Å². The lowest BCUT2D eigenvalue weighted by molar-refractivity contribution is -0.384. The molecule has 9 nitrogen and oxygen atoms in total. The van der Waals surface area contributed by atoms with Crippen molar-refractivity contribution in [3.63, 3.8) is 0 Å². The minimum atomic E-state index is -1.14. The molecule has 138 valence electrons. The number of nitro groups is 1. The molecule has 5 N–H and O–H groups in total.